The number of aliphatic hydroxyl groups excluding tert-OH is 4. The molecule has 2 aliphatic rings. The van der Waals surface area contributed by atoms with Crippen LogP contribution in [-0.2, 0) is 4.74 Å². The third kappa shape index (κ3) is 3.92. The highest BCUT2D eigenvalue weighted by Crippen LogP contribution is 2.43. The van der Waals surface area contributed by atoms with E-state index in [0.717, 1.165) is 6.07 Å². The van der Waals surface area contributed by atoms with Crippen molar-refractivity contribution in [2.24, 2.45) is 0 Å². The highest BCUT2D eigenvalue weighted by atomic mass is 16.7. The Morgan fingerprint density at radius 2 is 1.72 bits per heavy atom. The summed E-state index contributed by atoms with van der Waals surface area (Å²) in [7, 11) is 0. The molecule has 1 fully saturated rings. The fraction of sp³-hybridized carbons (Fsp3) is 0.381. The van der Waals surface area contributed by atoms with Crippen molar-refractivity contribution in [3.8, 4) is 28.7 Å². The van der Waals surface area contributed by atoms with Crippen molar-refractivity contribution in [2.75, 3.05) is 6.61 Å². The summed E-state index contributed by atoms with van der Waals surface area (Å²) < 4.78 is 16.7. The SMILES string of the molecule is O=C1CC(c2ccc(O)c(O)c2)Oc2cc(O)cc(OC3OC(CO)C(O)C(O)C3O)c21. The fourth-order valence-electron chi connectivity index (χ4n) is 3.72. The van der Waals surface area contributed by atoms with Gasteiger partial charge in [-0.1, -0.05) is 6.07 Å². The Kier molecular flexibility index (Phi) is 5.84. The average molecular weight is 450 g/mol. The minimum absolute atomic E-state index is 0.0293. The molecule has 2 heterocycles. The number of hydrogen-bond acceptors (Lipinski definition) is 11. The molecule has 172 valence electrons. The summed E-state index contributed by atoms with van der Waals surface area (Å²) in [6.45, 7) is -0.661. The maximum Gasteiger partial charge on any atom is 0.229 e. The summed E-state index contributed by atoms with van der Waals surface area (Å²) in [6.07, 6.45) is -8.73. The summed E-state index contributed by atoms with van der Waals surface area (Å²) in [5.41, 5.74) is 0.373. The van der Waals surface area contributed by atoms with Gasteiger partial charge in [-0.15, -0.1) is 0 Å². The summed E-state index contributed by atoms with van der Waals surface area (Å²) >= 11 is 0. The first-order valence-corrected chi connectivity index (χ1v) is 9.75. The number of carbonyl (C=O) groups excluding carboxylic acids is 1. The Bertz CT molecular complexity index is 1020. The van der Waals surface area contributed by atoms with E-state index in [2.05, 4.69) is 0 Å². The first-order valence-electron chi connectivity index (χ1n) is 9.75. The molecule has 0 bridgehead atoms. The van der Waals surface area contributed by atoms with Crippen LogP contribution in [0, 0.1) is 0 Å². The van der Waals surface area contributed by atoms with Gasteiger partial charge in [-0.2, -0.15) is 0 Å². The van der Waals surface area contributed by atoms with E-state index in [1.807, 2.05) is 0 Å². The number of hydrogen-bond donors (Lipinski definition) is 7. The third-order valence-electron chi connectivity index (χ3n) is 5.43. The molecule has 0 saturated carbocycles. The van der Waals surface area contributed by atoms with E-state index in [9.17, 15) is 40.5 Å². The molecular formula is C21H22O11. The van der Waals surface area contributed by atoms with E-state index < -0.39 is 49.2 Å². The molecule has 11 nitrogen and oxygen atoms in total. The average Bonchev–Trinajstić information content (AvgIpc) is 2.75. The van der Waals surface area contributed by atoms with Crippen LogP contribution in [0.3, 0.4) is 0 Å². The summed E-state index contributed by atoms with van der Waals surface area (Å²) in [4.78, 5) is 12.9. The Labute approximate surface area is 181 Å². The van der Waals surface area contributed by atoms with Gasteiger partial charge in [0.15, 0.2) is 17.3 Å². The van der Waals surface area contributed by atoms with E-state index >= 15 is 0 Å². The molecule has 0 spiro atoms. The molecule has 2 aromatic rings. The van der Waals surface area contributed by atoms with E-state index in [0.29, 0.717) is 5.56 Å². The van der Waals surface area contributed by atoms with Crippen LogP contribution in [0.1, 0.15) is 28.4 Å². The van der Waals surface area contributed by atoms with Crippen LogP contribution in [0.15, 0.2) is 30.3 Å². The minimum Gasteiger partial charge on any atom is -0.508 e. The van der Waals surface area contributed by atoms with E-state index in [4.69, 9.17) is 14.2 Å². The molecule has 6 atom stereocenters. The monoisotopic (exact) mass is 450 g/mol. The van der Waals surface area contributed by atoms with Crippen molar-refractivity contribution in [3.05, 3.63) is 41.5 Å². The molecule has 32 heavy (non-hydrogen) atoms. The number of ether oxygens (including phenoxy) is 3. The van der Waals surface area contributed by atoms with Gasteiger partial charge in [0.25, 0.3) is 0 Å². The predicted molar refractivity (Wildman–Crippen MR) is 105 cm³/mol. The summed E-state index contributed by atoms with van der Waals surface area (Å²) in [5.74, 6) is -1.70. The Hall–Kier alpha value is -3.09. The van der Waals surface area contributed by atoms with E-state index in [-0.39, 0.29) is 40.7 Å². The number of rotatable bonds is 4. The number of aliphatic hydroxyl groups is 4. The molecule has 1 saturated heterocycles. The molecule has 0 amide bonds. The molecule has 6 unspecified atom stereocenters. The van der Waals surface area contributed by atoms with Gasteiger partial charge < -0.3 is 50.0 Å². The normalized spacial score (nSPS) is 29.8. The Morgan fingerprint density at radius 3 is 2.41 bits per heavy atom. The molecule has 7 N–H and O–H groups in total. The first-order chi connectivity index (χ1) is 15.2. The van der Waals surface area contributed by atoms with Crippen LogP contribution >= 0.6 is 0 Å². The van der Waals surface area contributed by atoms with Crippen molar-refractivity contribution >= 4 is 5.78 Å². The lowest BCUT2D eigenvalue weighted by atomic mass is 9.95. The number of aromatic hydroxyl groups is 3. The van der Waals surface area contributed by atoms with E-state index in [1.54, 1.807) is 0 Å². The number of phenolic OH excluding ortho intramolecular Hbond substituents is 3. The topological polar surface area (TPSA) is 186 Å². The van der Waals surface area contributed by atoms with Gasteiger partial charge in [0.1, 0.15) is 53.3 Å². The van der Waals surface area contributed by atoms with Crippen molar-refractivity contribution in [1.29, 1.82) is 0 Å². The van der Waals surface area contributed by atoms with Gasteiger partial charge in [-0.05, 0) is 17.7 Å². The van der Waals surface area contributed by atoms with E-state index in [1.165, 1.54) is 24.3 Å². The number of carbonyl (C=O) groups is 1. The molecule has 2 aromatic carbocycles. The lowest BCUT2D eigenvalue weighted by Crippen LogP contribution is -2.60. The van der Waals surface area contributed by atoms with Crippen LogP contribution in [0.2, 0.25) is 0 Å². The highest BCUT2D eigenvalue weighted by molar-refractivity contribution is 6.02. The van der Waals surface area contributed by atoms with Crippen LogP contribution in [0.4, 0.5) is 0 Å². The van der Waals surface area contributed by atoms with Gasteiger partial charge in [0.05, 0.1) is 13.0 Å². The zero-order valence-corrected chi connectivity index (χ0v) is 16.5. The number of benzene rings is 2. The van der Waals surface area contributed by atoms with Crippen molar-refractivity contribution in [1.82, 2.24) is 0 Å². The second kappa shape index (κ2) is 8.45. The summed E-state index contributed by atoms with van der Waals surface area (Å²) in [5, 5.41) is 68.7. The lowest BCUT2D eigenvalue weighted by Gasteiger charge is -2.40. The fourth-order valence-corrected chi connectivity index (χ4v) is 3.72. The molecular weight excluding hydrogens is 428 g/mol. The highest BCUT2D eigenvalue weighted by Gasteiger charge is 2.45. The Morgan fingerprint density at radius 1 is 0.969 bits per heavy atom. The second-order valence-electron chi connectivity index (χ2n) is 7.61. The molecule has 2 aliphatic heterocycles. The van der Waals surface area contributed by atoms with Crippen LogP contribution in [0.5, 0.6) is 28.7 Å². The standard InChI is InChI=1S/C21H22O11/c22-7-16-18(27)19(28)20(29)21(32-16)31-15-5-9(23)4-14-17(15)12(26)6-13(30-14)8-1-2-10(24)11(25)3-8/h1-5,13,16,18-25,27-29H,6-7H2. The second-order valence-corrected chi connectivity index (χ2v) is 7.61. The van der Waals surface area contributed by atoms with Crippen molar-refractivity contribution in [2.45, 2.75) is 43.2 Å². The zero-order valence-electron chi connectivity index (χ0n) is 16.5. The zero-order chi connectivity index (χ0) is 23.2. The number of fused-ring (bicyclic) bond motifs is 1. The van der Waals surface area contributed by atoms with Gasteiger partial charge in [-0.25, -0.2) is 0 Å². The smallest absolute Gasteiger partial charge is 0.229 e. The van der Waals surface area contributed by atoms with Crippen molar-refractivity contribution < 1.29 is 54.8 Å². The number of ketones is 1. The number of phenols is 3. The van der Waals surface area contributed by atoms with Crippen LogP contribution < -0.4 is 9.47 Å². The maximum atomic E-state index is 12.9. The lowest BCUT2D eigenvalue weighted by molar-refractivity contribution is -0.277. The van der Waals surface area contributed by atoms with Gasteiger partial charge >= 0.3 is 0 Å². The quantitative estimate of drug-likeness (QED) is 0.303. The van der Waals surface area contributed by atoms with Gasteiger partial charge in [-0.3, -0.25) is 4.79 Å². The molecule has 0 radical (unpaired) electrons. The van der Waals surface area contributed by atoms with Crippen molar-refractivity contribution in [3.63, 3.8) is 0 Å². The molecule has 11 heteroatoms. The maximum absolute atomic E-state index is 12.9. The molecule has 0 aliphatic carbocycles. The Balaban J connectivity index is 1.64. The first kappa shape index (κ1) is 22.1. The number of Topliss-reactive ketones (excluding diaryl/α,β-unsaturated/α-hetero) is 1. The summed E-state index contributed by atoms with van der Waals surface area (Å²) in [6, 6.07) is 6.29. The minimum atomic E-state index is -1.71. The van der Waals surface area contributed by atoms with Crippen LogP contribution in [-0.4, -0.2) is 78.8 Å². The van der Waals surface area contributed by atoms with Crippen LogP contribution in [0.25, 0.3) is 0 Å². The predicted octanol–water partition coefficient (Wildman–Crippen LogP) is -0.311. The van der Waals surface area contributed by atoms with Gasteiger partial charge in [0, 0.05) is 12.1 Å². The molecule has 4 rings (SSSR count). The largest absolute Gasteiger partial charge is 0.508 e. The molecule has 0 aromatic heterocycles. The van der Waals surface area contributed by atoms with Gasteiger partial charge in [0.2, 0.25) is 6.29 Å². The third-order valence-corrected chi connectivity index (χ3v) is 5.43.